The van der Waals surface area contributed by atoms with E-state index in [9.17, 15) is 9.59 Å². The van der Waals surface area contributed by atoms with Crippen molar-refractivity contribution in [1.82, 2.24) is 9.88 Å². The molecule has 1 saturated heterocycles. The van der Waals surface area contributed by atoms with Crippen molar-refractivity contribution in [2.45, 2.75) is 38.6 Å². The van der Waals surface area contributed by atoms with E-state index in [1.54, 1.807) is 11.1 Å². The number of hydrogen-bond donors (Lipinski definition) is 1. The number of ketones is 1. The van der Waals surface area contributed by atoms with Crippen molar-refractivity contribution in [2.24, 2.45) is 0 Å². The normalized spacial score (nSPS) is 19.4. The molecule has 17 heavy (non-hydrogen) atoms. The molecule has 1 N–H and O–H groups in total. The Morgan fingerprint density at radius 3 is 2.94 bits per heavy atom. The van der Waals surface area contributed by atoms with E-state index in [1.807, 2.05) is 26.0 Å². The summed E-state index contributed by atoms with van der Waals surface area (Å²) in [6.07, 6.45) is 3.47. The Morgan fingerprint density at radius 1 is 1.53 bits per heavy atom. The van der Waals surface area contributed by atoms with Gasteiger partial charge < -0.3 is 9.88 Å². The van der Waals surface area contributed by atoms with Gasteiger partial charge in [0.15, 0.2) is 5.78 Å². The van der Waals surface area contributed by atoms with Crippen molar-refractivity contribution in [1.29, 1.82) is 0 Å². The minimum absolute atomic E-state index is 0.0190. The van der Waals surface area contributed by atoms with Gasteiger partial charge in [-0.1, -0.05) is 0 Å². The molecule has 1 aromatic rings. The molecule has 0 atom stereocenters. The number of nitrogens with one attached hydrogen (secondary N) is 1. The summed E-state index contributed by atoms with van der Waals surface area (Å²) in [6, 6.07) is 3.76. The summed E-state index contributed by atoms with van der Waals surface area (Å²) in [5, 5.41) is 0. The van der Waals surface area contributed by atoms with Crippen LogP contribution in [-0.2, 0) is 16.0 Å². The van der Waals surface area contributed by atoms with E-state index in [0.29, 0.717) is 12.8 Å². The Labute approximate surface area is 101 Å². The number of nitrogens with zero attached hydrogens (tertiary/aromatic N) is 1. The fourth-order valence-electron chi connectivity index (χ4n) is 2.21. The molecule has 92 valence electrons. The molecule has 0 radical (unpaired) electrons. The lowest BCUT2D eigenvalue weighted by atomic mass is 9.89. The third kappa shape index (κ3) is 2.57. The lowest BCUT2D eigenvalue weighted by Crippen LogP contribution is -2.54. The van der Waals surface area contributed by atoms with Crippen molar-refractivity contribution in [3.05, 3.63) is 24.0 Å². The Morgan fingerprint density at radius 2 is 2.29 bits per heavy atom. The van der Waals surface area contributed by atoms with E-state index in [2.05, 4.69) is 4.98 Å². The van der Waals surface area contributed by atoms with Gasteiger partial charge in [-0.3, -0.25) is 9.59 Å². The van der Waals surface area contributed by atoms with Crippen molar-refractivity contribution >= 4 is 11.7 Å². The van der Waals surface area contributed by atoms with Gasteiger partial charge >= 0.3 is 0 Å². The number of Topliss-reactive ketones (excluding diaryl/α,β-unsaturated/α-hetero) is 1. The third-order valence-corrected chi connectivity index (χ3v) is 3.39. The average Bonchev–Trinajstić information content (AvgIpc) is 2.74. The number of carbonyl (C=O) groups excluding carboxylic acids is 2. The quantitative estimate of drug-likeness (QED) is 0.843. The third-order valence-electron chi connectivity index (χ3n) is 3.39. The van der Waals surface area contributed by atoms with Gasteiger partial charge in [0.2, 0.25) is 5.91 Å². The van der Waals surface area contributed by atoms with Crippen LogP contribution in [-0.4, -0.2) is 33.7 Å². The lowest BCUT2D eigenvalue weighted by molar-refractivity contribution is -0.144. The Hall–Kier alpha value is -1.58. The summed E-state index contributed by atoms with van der Waals surface area (Å²) in [5.74, 6) is 0.176. The molecule has 2 heterocycles. The minimum atomic E-state index is -0.211. The molecular formula is C13H18N2O2. The summed E-state index contributed by atoms with van der Waals surface area (Å²) in [4.78, 5) is 28.4. The van der Waals surface area contributed by atoms with E-state index in [0.717, 1.165) is 12.1 Å². The van der Waals surface area contributed by atoms with Crippen LogP contribution in [0.1, 0.15) is 32.4 Å². The first-order chi connectivity index (χ1) is 7.99. The van der Waals surface area contributed by atoms with Gasteiger partial charge in [-0.15, -0.1) is 0 Å². The van der Waals surface area contributed by atoms with Gasteiger partial charge in [0.05, 0.1) is 13.0 Å². The van der Waals surface area contributed by atoms with Crippen LogP contribution in [0.2, 0.25) is 0 Å². The summed E-state index contributed by atoms with van der Waals surface area (Å²) in [5.41, 5.74) is 0.682. The minimum Gasteiger partial charge on any atom is -0.365 e. The molecule has 4 heteroatoms. The first kappa shape index (κ1) is 11.9. The molecule has 0 saturated carbocycles. The maximum absolute atomic E-state index is 12.2. The van der Waals surface area contributed by atoms with Gasteiger partial charge in [0, 0.05) is 23.9 Å². The van der Waals surface area contributed by atoms with E-state index >= 15 is 0 Å². The van der Waals surface area contributed by atoms with Crippen molar-refractivity contribution in [2.75, 3.05) is 6.54 Å². The largest absolute Gasteiger partial charge is 0.365 e. The topological polar surface area (TPSA) is 53.2 Å². The second kappa shape index (κ2) is 4.35. The number of hydrogen-bond acceptors (Lipinski definition) is 2. The predicted molar refractivity (Wildman–Crippen MR) is 64.5 cm³/mol. The maximum atomic E-state index is 12.2. The molecule has 0 unspecified atom stereocenters. The number of carbonyl (C=O) groups is 2. The number of piperidine rings is 1. The summed E-state index contributed by atoms with van der Waals surface area (Å²) >= 11 is 0. The van der Waals surface area contributed by atoms with Gasteiger partial charge in [0.25, 0.3) is 0 Å². The number of likely N-dealkylation sites (tertiary alicyclic amines) is 1. The molecule has 1 fully saturated rings. The highest BCUT2D eigenvalue weighted by Gasteiger charge is 2.36. The SMILES string of the molecule is CC1(C)CCC(=O)CN1C(=O)Cc1ccc[nH]1. The summed E-state index contributed by atoms with van der Waals surface area (Å²) in [7, 11) is 0. The molecule has 4 nitrogen and oxygen atoms in total. The Bertz CT molecular complexity index is 421. The van der Waals surface area contributed by atoms with E-state index in [-0.39, 0.29) is 23.8 Å². The van der Waals surface area contributed by atoms with Crippen molar-refractivity contribution in [3.63, 3.8) is 0 Å². The van der Waals surface area contributed by atoms with Crippen LogP contribution >= 0.6 is 0 Å². The van der Waals surface area contributed by atoms with Crippen LogP contribution < -0.4 is 0 Å². The zero-order chi connectivity index (χ0) is 12.5. The molecule has 0 spiro atoms. The molecule has 1 aliphatic heterocycles. The molecule has 1 aromatic heterocycles. The smallest absolute Gasteiger partial charge is 0.229 e. The number of aromatic amines is 1. The first-order valence-corrected chi connectivity index (χ1v) is 5.93. The van der Waals surface area contributed by atoms with Crippen LogP contribution in [0.5, 0.6) is 0 Å². The maximum Gasteiger partial charge on any atom is 0.229 e. The molecule has 1 amide bonds. The number of aromatic nitrogens is 1. The monoisotopic (exact) mass is 234 g/mol. The highest BCUT2D eigenvalue weighted by atomic mass is 16.2. The molecule has 0 aromatic carbocycles. The van der Waals surface area contributed by atoms with Crippen LogP contribution in [0.25, 0.3) is 0 Å². The van der Waals surface area contributed by atoms with Crippen LogP contribution in [0.4, 0.5) is 0 Å². The predicted octanol–water partition coefficient (Wildman–Crippen LogP) is 1.53. The second-order valence-corrected chi connectivity index (χ2v) is 5.20. The molecular weight excluding hydrogens is 216 g/mol. The van der Waals surface area contributed by atoms with Crippen LogP contribution in [0.3, 0.4) is 0 Å². The molecule has 1 aliphatic rings. The second-order valence-electron chi connectivity index (χ2n) is 5.20. The van der Waals surface area contributed by atoms with E-state index in [1.165, 1.54) is 0 Å². The lowest BCUT2D eigenvalue weighted by Gasteiger charge is -2.41. The molecule has 0 aliphatic carbocycles. The summed E-state index contributed by atoms with van der Waals surface area (Å²) in [6.45, 7) is 4.30. The number of H-pyrrole nitrogens is 1. The van der Waals surface area contributed by atoms with Gasteiger partial charge in [-0.25, -0.2) is 0 Å². The molecule has 0 bridgehead atoms. The molecule has 2 rings (SSSR count). The Balaban J connectivity index is 2.09. The number of rotatable bonds is 2. The van der Waals surface area contributed by atoms with Gasteiger partial charge in [-0.2, -0.15) is 0 Å². The first-order valence-electron chi connectivity index (χ1n) is 5.93. The fraction of sp³-hybridized carbons (Fsp3) is 0.538. The zero-order valence-corrected chi connectivity index (χ0v) is 10.3. The standard InChI is InChI=1S/C13H18N2O2/c1-13(2)6-5-11(16)9-15(13)12(17)8-10-4-3-7-14-10/h3-4,7,14H,5-6,8-9H2,1-2H3. The van der Waals surface area contributed by atoms with Crippen LogP contribution in [0, 0.1) is 0 Å². The van der Waals surface area contributed by atoms with Gasteiger partial charge in [0.1, 0.15) is 0 Å². The highest BCUT2D eigenvalue weighted by molar-refractivity contribution is 5.88. The van der Waals surface area contributed by atoms with E-state index < -0.39 is 0 Å². The number of amides is 1. The van der Waals surface area contributed by atoms with Crippen LogP contribution in [0.15, 0.2) is 18.3 Å². The fourth-order valence-corrected chi connectivity index (χ4v) is 2.21. The van der Waals surface area contributed by atoms with Crippen molar-refractivity contribution < 1.29 is 9.59 Å². The average molecular weight is 234 g/mol. The zero-order valence-electron chi connectivity index (χ0n) is 10.3. The Kier molecular flexibility index (Phi) is 3.05. The summed E-state index contributed by atoms with van der Waals surface area (Å²) < 4.78 is 0. The van der Waals surface area contributed by atoms with Gasteiger partial charge in [-0.05, 0) is 32.4 Å². The van der Waals surface area contributed by atoms with Crippen molar-refractivity contribution in [3.8, 4) is 0 Å². The van der Waals surface area contributed by atoms with E-state index in [4.69, 9.17) is 0 Å². The highest BCUT2D eigenvalue weighted by Crippen LogP contribution is 2.26.